The molecule has 0 aromatic carbocycles. The molecule has 1 aliphatic heterocycles. The number of likely N-dealkylation sites (tertiary alicyclic amines) is 1. The Labute approximate surface area is 93.3 Å². The highest BCUT2D eigenvalue weighted by Gasteiger charge is 2.21. The number of hydrogen-bond donors (Lipinski definition) is 0. The lowest BCUT2D eigenvalue weighted by Gasteiger charge is -2.31. The first-order valence-electron chi connectivity index (χ1n) is 6.14. The normalized spacial score (nSPS) is 25.7. The molecule has 1 rings (SSSR count). The van der Waals surface area contributed by atoms with Crippen LogP contribution in [0, 0.1) is 5.92 Å². The molecule has 0 aromatic rings. The predicted molar refractivity (Wildman–Crippen MR) is 63.9 cm³/mol. The summed E-state index contributed by atoms with van der Waals surface area (Å²) in [6, 6.07) is 0. The number of rotatable bonds is 5. The fourth-order valence-corrected chi connectivity index (χ4v) is 2.20. The molecule has 1 heterocycles. The van der Waals surface area contributed by atoms with Gasteiger partial charge in [-0.05, 0) is 32.9 Å². The Kier molecular flexibility index (Phi) is 5.62. The van der Waals surface area contributed by atoms with Crippen molar-refractivity contribution in [1.29, 1.82) is 0 Å². The molecule has 15 heavy (non-hydrogen) atoms. The second-order valence-electron chi connectivity index (χ2n) is 4.38. The van der Waals surface area contributed by atoms with Gasteiger partial charge in [0.15, 0.2) is 0 Å². The zero-order valence-corrected chi connectivity index (χ0v) is 10.0. The number of carbonyl (C=O) groups excluding carboxylic acids is 1. The molecule has 0 radical (unpaired) electrons. The van der Waals surface area contributed by atoms with Gasteiger partial charge in [0, 0.05) is 12.5 Å². The van der Waals surface area contributed by atoms with E-state index in [9.17, 15) is 4.79 Å². The maximum absolute atomic E-state index is 10.8. The molecule has 0 amide bonds. The van der Waals surface area contributed by atoms with Crippen LogP contribution in [0.4, 0.5) is 0 Å². The standard InChI is InChI=1S/C13H23NO/c1-3-5-6-8-14-9-7-13(11-15)12(4-2)10-14/h4,11,13H,3,5-10H2,1-2H3/b12-4-/t13-/m0/s1. The summed E-state index contributed by atoms with van der Waals surface area (Å²) in [5.74, 6) is 0.192. The van der Waals surface area contributed by atoms with Crippen molar-refractivity contribution in [2.75, 3.05) is 19.6 Å². The minimum absolute atomic E-state index is 0.192. The van der Waals surface area contributed by atoms with E-state index < -0.39 is 0 Å². The summed E-state index contributed by atoms with van der Waals surface area (Å²) in [6.07, 6.45) is 8.12. The van der Waals surface area contributed by atoms with Crippen molar-refractivity contribution < 1.29 is 4.79 Å². The average molecular weight is 209 g/mol. The summed E-state index contributed by atoms with van der Waals surface area (Å²) in [4.78, 5) is 13.3. The molecule has 1 saturated heterocycles. The van der Waals surface area contributed by atoms with Crippen LogP contribution in [0.2, 0.25) is 0 Å². The Hall–Kier alpha value is -0.630. The maximum Gasteiger partial charge on any atom is 0.127 e. The highest BCUT2D eigenvalue weighted by molar-refractivity contribution is 5.59. The first-order valence-corrected chi connectivity index (χ1v) is 6.14. The van der Waals surface area contributed by atoms with Crippen LogP contribution in [0.3, 0.4) is 0 Å². The Balaban J connectivity index is 2.36. The lowest BCUT2D eigenvalue weighted by atomic mass is 9.92. The highest BCUT2D eigenvalue weighted by atomic mass is 16.1. The van der Waals surface area contributed by atoms with Crippen molar-refractivity contribution in [3.8, 4) is 0 Å². The lowest BCUT2D eigenvalue weighted by molar-refractivity contribution is -0.110. The van der Waals surface area contributed by atoms with Crippen LogP contribution in [0.15, 0.2) is 11.6 Å². The van der Waals surface area contributed by atoms with Gasteiger partial charge in [0.25, 0.3) is 0 Å². The van der Waals surface area contributed by atoms with Gasteiger partial charge in [0.1, 0.15) is 6.29 Å². The molecule has 2 heteroatoms. The lowest BCUT2D eigenvalue weighted by Crippen LogP contribution is -2.36. The van der Waals surface area contributed by atoms with Crippen LogP contribution in [0.1, 0.15) is 39.5 Å². The van der Waals surface area contributed by atoms with Crippen LogP contribution in [-0.2, 0) is 4.79 Å². The van der Waals surface area contributed by atoms with E-state index in [1.165, 1.54) is 31.4 Å². The fraction of sp³-hybridized carbons (Fsp3) is 0.769. The van der Waals surface area contributed by atoms with Crippen molar-refractivity contribution in [2.24, 2.45) is 5.92 Å². The molecule has 0 saturated carbocycles. The average Bonchev–Trinajstić information content (AvgIpc) is 2.29. The number of piperidine rings is 1. The van der Waals surface area contributed by atoms with Crippen LogP contribution in [-0.4, -0.2) is 30.8 Å². The number of aldehydes is 1. The third-order valence-electron chi connectivity index (χ3n) is 3.25. The van der Waals surface area contributed by atoms with Gasteiger partial charge in [0.2, 0.25) is 0 Å². The second kappa shape index (κ2) is 6.78. The van der Waals surface area contributed by atoms with E-state index in [1.807, 2.05) is 6.92 Å². The van der Waals surface area contributed by atoms with Crippen LogP contribution >= 0.6 is 0 Å². The molecule has 1 fully saturated rings. The third kappa shape index (κ3) is 3.78. The molecule has 0 unspecified atom stereocenters. The van der Waals surface area contributed by atoms with Crippen molar-refractivity contribution >= 4 is 6.29 Å². The SMILES string of the molecule is C/C=C1/CN(CCCCC)CC[C@H]1C=O. The minimum atomic E-state index is 0.192. The molecule has 0 aliphatic carbocycles. The van der Waals surface area contributed by atoms with Gasteiger partial charge < -0.3 is 4.79 Å². The summed E-state index contributed by atoms with van der Waals surface area (Å²) in [5.41, 5.74) is 1.31. The van der Waals surface area contributed by atoms with E-state index in [0.29, 0.717) is 0 Å². The Morgan fingerprint density at radius 1 is 1.47 bits per heavy atom. The van der Waals surface area contributed by atoms with Gasteiger partial charge in [-0.3, -0.25) is 4.90 Å². The van der Waals surface area contributed by atoms with Crippen LogP contribution < -0.4 is 0 Å². The summed E-state index contributed by atoms with van der Waals surface area (Å²) in [6.45, 7) is 7.56. The van der Waals surface area contributed by atoms with Crippen molar-refractivity contribution in [1.82, 2.24) is 4.90 Å². The van der Waals surface area contributed by atoms with Crippen LogP contribution in [0.25, 0.3) is 0 Å². The molecule has 0 spiro atoms. The van der Waals surface area contributed by atoms with Gasteiger partial charge in [-0.15, -0.1) is 0 Å². The molecule has 1 atom stereocenters. The van der Waals surface area contributed by atoms with Crippen molar-refractivity contribution in [2.45, 2.75) is 39.5 Å². The van der Waals surface area contributed by atoms with E-state index in [-0.39, 0.29) is 5.92 Å². The number of nitrogens with zero attached hydrogens (tertiary/aromatic N) is 1. The maximum atomic E-state index is 10.8. The molecular formula is C13H23NO. The zero-order chi connectivity index (χ0) is 11.1. The van der Waals surface area contributed by atoms with Crippen LogP contribution in [0.5, 0.6) is 0 Å². The number of hydrogen-bond acceptors (Lipinski definition) is 2. The molecule has 1 aliphatic rings. The number of allylic oxidation sites excluding steroid dienone is 1. The first kappa shape index (κ1) is 12.4. The molecule has 0 bridgehead atoms. The summed E-state index contributed by atoms with van der Waals surface area (Å²) >= 11 is 0. The Morgan fingerprint density at radius 2 is 2.27 bits per heavy atom. The minimum Gasteiger partial charge on any atom is -0.303 e. The van der Waals surface area contributed by atoms with Gasteiger partial charge in [-0.1, -0.05) is 31.4 Å². The van der Waals surface area contributed by atoms with E-state index in [4.69, 9.17) is 0 Å². The van der Waals surface area contributed by atoms with E-state index in [0.717, 1.165) is 25.8 Å². The highest BCUT2D eigenvalue weighted by Crippen LogP contribution is 2.21. The van der Waals surface area contributed by atoms with E-state index >= 15 is 0 Å². The van der Waals surface area contributed by atoms with Gasteiger partial charge in [0.05, 0.1) is 0 Å². The Morgan fingerprint density at radius 3 is 2.87 bits per heavy atom. The van der Waals surface area contributed by atoms with E-state index in [2.05, 4.69) is 17.9 Å². The summed E-state index contributed by atoms with van der Waals surface area (Å²) in [7, 11) is 0. The van der Waals surface area contributed by atoms with Crippen molar-refractivity contribution in [3.05, 3.63) is 11.6 Å². The predicted octanol–water partition coefficient (Wildman–Crippen LogP) is 2.64. The van der Waals surface area contributed by atoms with E-state index in [1.54, 1.807) is 0 Å². The number of carbonyl (C=O) groups is 1. The smallest absolute Gasteiger partial charge is 0.127 e. The molecule has 2 nitrogen and oxygen atoms in total. The van der Waals surface area contributed by atoms with Gasteiger partial charge >= 0.3 is 0 Å². The second-order valence-corrected chi connectivity index (χ2v) is 4.38. The topological polar surface area (TPSA) is 20.3 Å². The first-order chi connectivity index (χ1) is 7.31. The third-order valence-corrected chi connectivity index (χ3v) is 3.25. The number of unbranched alkanes of at least 4 members (excludes halogenated alkanes) is 2. The largest absolute Gasteiger partial charge is 0.303 e. The monoisotopic (exact) mass is 209 g/mol. The summed E-state index contributed by atoms with van der Waals surface area (Å²) in [5, 5.41) is 0. The van der Waals surface area contributed by atoms with Gasteiger partial charge in [-0.2, -0.15) is 0 Å². The zero-order valence-electron chi connectivity index (χ0n) is 10.0. The molecule has 0 aromatic heterocycles. The van der Waals surface area contributed by atoms with Gasteiger partial charge in [-0.25, -0.2) is 0 Å². The molecular weight excluding hydrogens is 186 g/mol. The van der Waals surface area contributed by atoms with Crippen molar-refractivity contribution in [3.63, 3.8) is 0 Å². The quantitative estimate of drug-likeness (QED) is 0.394. The molecule has 0 N–H and O–H groups in total. The Bertz CT molecular complexity index is 223. The molecule has 86 valence electrons. The fourth-order valence-electron chi connectivity index (χ4n) is 2.20. The summed E-state index contributed by atoms with van der Waals surface area (Å²) < 4.78 is 0.